The highest BCUT2D eigenvalue weighted by Crippen LogP contribution is 2.48. The molecule has 2 atom stereocenters. The van der Waals surface area contributed by atoms with Crippen molar-refractivity contribution in [3.63, 3.8) is 0 Å². The number of allylic oxidation sites excluding steroid dienone is 4. The van der Waals surface area contributed by atoms with Gasteiger partial charge in [0.15, 0.2) is 0 Å². The van der Waals surface area contributed by atoms with E-state index in [0.717, 1.165) is 19.3 Å². The smallest absolute Gasteiger partial charge is 0.333 e. The van der Waals surface area contributed by atoms with Crippen molar-refractivity contribution in [3.8, 4) is 0 Å². The Bertz CT molecular complexity index is 324. The van der Waals surface area contributed by atoms with Gasteiger partial charge in [0.2, 0.25) is 0 Å². The van der Waals surface area contributed by atoms with Gasteiger partial charge in [-0.2, -0.15) is 0 Å². The minimum absolute atomic E-state index is 0.0119. The largest absolute Gasteiger partial charge is 0.396 e. The highest BCUT2D eigenvalue weighted by molar-refractivity contribution is 6.52. The molecule has 1 rings (SSSR count). The SMILES string of the molecule is CCCC1([SiH](OCC)OCC)C=CC(CC)=CC1Cl. The topological polar surface area (TPSA) is 18.5 Å². The standard InChI is InChI=1S/C15H27ClO2Si/c1-5-10-15(19(17-7-3)18-8-4)11-9-13(6-2)12-14(15)16/h9,11-12,14,19H,5-8,10H2,1-4H3. The molecule has 0 fully saturated rings. The number of rotatable bonds is 8. The van der Waals surface area contributed by atoms with Crippen molar-refractivity contribution in [2.75, 3.05) is 13.2 Å². The quantitative estimate of drug-likeness (QED) is 0.491. The van der Waals surface area contributed by atoms with E-state index in [1.54, 1.807) is 0 Å². The highest BCUT2D eigenvalue weighted by atomic mass is 35.5. The molecule has 0 N–H and O–H groups in total. The third kappa shape index (κ3) is 3.94. The van der Waals surface area contributed by atoms with E-state index in [2.05, 4.69) is 32.1 Å². The molecule has 19 heavy (non-hydrogen) atoms. The molecule has 1 aliphatic rings. The maximum absolute atomic E-state index is 6.71. The van der Waals surface area contributed by atoms with Gasteiger partial charge < -0.3 is 8.85 Å². The molecule has 0 aliphatic heterocycles. The third-order valence-corrected chi connectivity index (χ3v) is 7.38. The predicted molar refractivity (Wildman–Crippen MR) is 85.2 cm³/mol. The van der Waals surface area contributed by atoms with Gasteiger partial charge in [0.05, 0.1) is 5.38 Å². The Kier molecular flexibility index (Phi) is 7.37. The molecule has 110 valence electrons. The van der Waals surface area contributed by atoms with Gasteiger partial charge in [0.1, 0.15) is 0 Å². The van der Waals surface area contributed by atoms with E-state index in [4.69, 9.17) is 20.5 Å². The van der Waals surface area contributed by atoms with Gasteiger partial charge in [-0.15, -0.1) is 11.6 Å². The average molecular weight is 303 g/mol. The second-order valence-electron chi connectivity index (χ2n) is 4.94. The van der Waals surface area contributed by atoms with Gasteiger partial charge in [-0.3, -0.25) is 0 Å². The first kappa shape index (κ1) is 17.0. The molecule has 1 aliphatic carbocycles. The van der Waals surface area contributed by atoms with Crippen LogP contribution in [0, 0.1) is 0 Å². The molecule has 0 saturated carbocycles. The molecule has 0 heterocycles. The lowest BCUT2D eigenvalue weighted by atomic mass is 9.90. The van der Waals surface area contributed by atoms with Crippen LogP contribution in [0.15, 0.2) is 23.8 Å². The molecule has 0 aromatic heterocycles. The molecule has 2 unspecified atom stereocenters. The fourth-order valence-electron chi connectivity index (χ4n) is 2.63. The van der Waals surface area contributed by atoms with E-state index >= 15 is 0 Å². The Labute approximate surface area is 124 Å². The Morgan fingerprint density at radius 3 is 2.26 bits per heavy atom. The molecule has 0 radical (unpaired) electrons. The molecular weight excluding hydrogens is 276 g/mol. The Balaban J connectivity index is 3.02. The third-order valence-electron chi connectivity index (χ3n) is 3.65. The van der Waals surface area contributed by atoms with E-state index in [1.807, 2.05) is 13.8 Å². The first-order chi connectivity index (χ1) is 9.14. The highest BCUT2D eigenvalue weighted by Gasteiger charge is 2.46. The summed E-state index contributed by atoms with van der Waals surface area (Å²) in [5.74, 6) is 0. The lowest BCUT2D eigenvalue weighted by Crippen LogP contribution is -2.43. The molecule has 2 nitrogen and oxygen atoms in total. The summed E-state index contributed by atoms with van der Waals surface area (Å²) in [6, 6.07) is 0. The second kappa shape index (κ2) is 8.25. The zero-order valence-electron chi connectivity index (χ0n) is 12.6. The molecule has 4 heteroatoms. The summed E-state index contributed by atoms with van der Waals surface area (Å²) in [5, 5.41) is -0.122. The van der Waals surface area contributed by atoms with E-state index in [0.29, 0.717) is 13.2 Å². The summed E-state index contributed by atoms with van der Waals surface area (Å²) in [7, 11) is -1.83. The molecular formula is C15H27ClO2Si. The van der Waals surface area contributed by atoms with Crippen LogP contribution in [-0.4, -0.2) is 27.9 Å². The van der Waals surface area contributed by atoms with Gasteiger partial charge in [0.25, 0.3) is 0 Å². The second-order valence-corrected chi connectivity index (χ2v) is 7.81. The molecule has 0 bridgehead atoms. The van der Waals surface area contributed by atoms with Crippen molar-refractivity contribution in [2.24, 2.45) is 0 Å². The fourth-order valence-corrected chi connectivity index (χ4v) is 5.74. The van der Waals surface area contributed by atoms with Crippen molar-refractivity contribution in [1.82, 2.24) is 0 Å². The van der Waals surface area contributed by atoms with Crippen molar-refractivity contribution < 1.29 is 8.85 Å². The molecule has 0 spiro atoms. The van der Waals surface area contributed by atoms with Crippen LogP contribution in [0.25, 0.3) is 0 Å². The zero-order valence-corrected chi connectivity index (χ0v) is 14.5. The van der Waals surface area contributed by atoms with E-state index in [1.165, 1.54) is 5.57 Å². The van der Waals surface area contributed by atoms with Gasteiger partial charge in [-0.25, -0.2) is 0 Å². The molecule has 0 amide bonds. The van der Waals surface area contributed by atoms with Crippen LogP contribution in [0.4, 0.5) is 0 Å². The van der Waals surface area contributed by atoms with Crippen LogP contribution in [-0.2, 0) is 8.85 Å². The number of hydrogen-bond donors (Lipinski definition) is 0. The summed E-state index contributed by atoms with van der Waals surface area (Å²) in [6.07, 6.45) is 9.82. The Hall–Kier alpha value is -0.0931. The number of halogens is 1. The van der Waals surface area contributed by atoms with Crippen molar-refractivity contribution >= 4 is 20.9 Å². The monoisotopic (exact) mass is 302 g/mol. The lowest BCUT2D eigenvalue weighted by molar-refractivity contribution is 0.190. The summed E-state index contributed by atoms with van der Waals surface area (Å²) >= 11 is 6.71. The fraction of sp³-hybridized carbons (Fsp3) is 0.733. The normalized spacial score (nSPS) is 26.8. The van der Waals surface area contributed by atoms with Gasteiger partial charge in [0, 0.05) is 18.3 Å². The van der Waals surface area contributed by atoms with E-state index in [9.17, 15) is 0 Å². The van der Waals surface area contributed by atoms with Gasteiger partial charge in [-0.1, -0.05) is 44.1 Å². The molecule has 0 saturated heterocycles. The maximum Gasteiger partial charge on any atom is 0.333 e. The summed E-state index contributed by atoms with van der Waals surface area (Å²) < 4.78 is 11.9. The molecule has 0 aromatic rings. The predicted octanol–water partition coefficient (Wildman–Crippen LogP) is 4.33. The summed E-state index contributed by atoms with van der Waals surface area (Å²) in [4.78, 5) is 0. The van der Waals surface area contributed by atoms with Crippen LogP contribution in [0.3, 0.4) is 0 Å². The molecule has 0 aromatic carbocycles. The van der Waals surface area contributed by atoms with Crippen molar-refractivity contribution in [3.05, 3.63) is 23.8 Å². The number of alkyl halides is 1. The van der Waals surface area contributed by atoms with Crippen LogP contribution in [0.5, 0.6) is 0 Å². The van der Waals surface area contributed by atoms with Crippen molar-refractivity contribution in [1.29, 1.82) is 0 Å². The first-order valence-electron chi connectivity index (χ1n) is 7.41. The number of hydrogen-bond acceptors (Lipinski definition) is 2. The minimum Gasteiger partial charge on any atom is -0.396 e. The average Bonchev–Trinajstić information content (AvgIpc) is 2.41. The minimum atomic E-state index is -1.83. The first-order valence-corrected chi connectivity index (χ1v) is 9.37. The maximum atomic E-state index is 6.71. The zero-order chi connectivity index (χ0) is 14.3. The van der Waals surface area contributed by atoms with Crippen molar-refractivity contribution in [2.45, 2.75) is 57.4 Å². The Morgan fingerprint density at radius 1 is 1.21 bits per heavy atom. The van der Waals surface area contributed by atoms with Gasteiger partial charge in [-0.05, 0) is 26.7 Å². The van der Waals surface area contributed by atoms with Crippen LogP contribution >= 0.6 is 11.6 Å². The van der Waals surface area contributed by atoms with Crippen LogP contribution in [0.2, 0.25) is 5.04 Å². The van der Waals surface area contributed by atoms with E-state index in [-0.39, 0.29) is 10.4 Å². The van der Waals surface area contributed by atoms with E-state index < -0.39 is 9.28 Å². The van der Waals surface area contributed by atoms with Crippen LogP contribution < -0.4 is 0 Å². The summed E-state index contributed by atoms with van der Waals surface area (Å²) in [5.41, 5.74) is 1.31. The summed E-state index contributed by atoms with van der Waals surface area (Å²) in [6.45, 7) is 9.81. The Morgan fingerprint density at radius 2 is 1.84 bits per heavy atom. The van der Waals surface area contributed by atoms with Crippen LogP contribution in [0.1, 0.15) is 47.0 Å². The van der Waals surface area contributed by atoms with Gasteiger partial charge >= 0.3 is 9.28 Å². The lowest BCUT2D eigenvalue weighted by Gasteiger charge is -2.40.